The van der Waals surface area contributed by atoms with Crippen LogP contribution in [0.25, 0.3) is 44.2 Å². The summed E-state index contributed by atoms with van der Waals surface area (Å²) in [6.45, 7) is 12.9. The van der Waals surface area contributed by atoms with E-state index in [1.807, 2.05) is 31.0 Å². The van der Waals surface area contributed by atoms with E-state index in [1.165, 1.54) is 20.0 Å². The molecule has 2 aromatic heterocycles. The maximum atomic E-state index is 14.3. The molecule has 3 amide bonds. The number of H-pyrrole nitrogens is 2. The van der Waals surface area contributed by atoms with E-state index in [4.69, 9.17) is 19.4 Å². The van der Waals surface area contributed by atoms with Crippen molar-refractivity contribution in [2.24, 2.45) is 28.6 Å². The largest absolute Gasteiger partial charge is 0.453 e. The number of amides is 3. The normalized spacial score (nSPS) is 23.5. The van der Waals surface area contributed by atoms with Crippen molar-refractivity contribution in [3.63, 3.8) is 0 Å². The number of hydrogen-bond acceptors (Lipinski definition) is 7. The minimum absolute atomic E-state index is 0.00970. The van der Waals surface area contributed by atoms with Crippen LogP contribution < -0.4 is 5.32 Å². The van der Waals surface area contributed by atoms with Gasteiger partial charge in [0.15, 0.2) is 0 Å². The van der Waals surface area contributed by atoms with E-state index >= 15 is 0 Å². The van der Waals surface area contributed by atoms with E-state index in [-0.39, 0.29) is 46.6 Å². The van der Waals surface area contributed by atoms with Crippen LogP contribution in [-0.2, 0) is 19.1 Å². The lowest BCUT2D eigenvalue weighted by Crippen LogP contribution is -2.51. The standard InChI is InChI=1S/C47H57N7O5/c1-27(2)29(5)43(55)53-24-46(17-18-46)21-37(53)41-48-23-36(50-41)31-10-8-30(9-11-31)32-12-14-34-33(20-32)13-15-35-40(34)51-42(49-35)38-22-47(16-7-19-59-26-47)25-54(38)44(56)39(28(3)4)52-45(57)58-6/h8-15,20,23,27-29,37-39H,7,16-19,21-22,24-26H2,1-6H3,(H,48,50)(H,49,51)(H,52,57)/t29-,37-,38-,39-,47-/m0/s1. The summed E-state index contributed by atoms with van der Waals surface area (Å²) >= 11 is 0. The summed E-state index contributed by atoms with van der Waals surface area (Å²) in [5, 5.41) is 4.92. The molecule has 12 nitrogen and oxygen atoms in total. The van der Waals surface area contributed by atoms with Gasteiger partial charge in [-0.1, -0.05) is 77.1 Å². The molecule has 12 heteroatoms. The SMILES string of the molecule is COC(=O)N[C@H](C(=O)N1C[C@]2(CCCOC2)C[C@H]1c1nc2ccc3cc(-c4ccc(-c5cnc([C@@H]6CC7(CC7)CN6C(=O)[C@@H](C)C(C)C)[nH]5)cc4)ccc3c2[nH]1)C(C)C. The highest BCUT2D eigenvalue weighted by atomic mass is 16.5. The third-order valence-electron chi connectivity index (χ3n) is 14.0. The van der Waals surface area contributed by atoms with Gasteiger partial charge in [-0.25, -0.2) is 14.8 Å². The lowest BCUT2D eigenvalue weighted by molar-refractivity contribution is -0.138. The third-order valence-corrected chi connectivity index (χ3v) is 14.0. The van der Waals surface area contributed by atoms with Crippen molar-refractivity contribution in [3.8, 4) is 22.4 Å². The van der Waals surface area contributed by atoms with Gasteiger partial charge in [-0.05, 0) is 90.0 Å². The quantitative estimate of drug-likeness (QED) is 0.135. The molecule has 3 N–H and O–H groups in total. The van der Waals surface area contributed by atoms with Crippen molar-refractivity contribution in [3.05, 3.63) is 72.4 Å². The first-order valence-corrected chi connectivity index (χ1v) is 21.5. The molecular weight excluding hydrogens is 743 g/mol. The fourth-order valence-corrected chi connectivity index (χ4v) is 9.89. The number of benzene rings is 3. The molecule has 1 aliphatic carbocycles. The Balaban J connectivity index is 0.958. The third kappa shape index (κ3) is 7.27. The van der Waals surface area contributed by atoms with Gasteiger partial charge in [0.25, 0.3) is 0 Å². The number of methoxy groups -OCH3 is 1. The second-order valence-corrected chi connectivity index (χ2v) is 18.7. The number of ether oxygens (including phenoxy) is 2. The van der Waals surface area contributed by atoms with E-state index in [2.05, 4.69) is 89.5 Å². The Bertz CT molecular complexity index is 2390. The van der Waals surface area contributed by atoms with Crippen molar-refractivity contribution in [1.82, 2.24) is 35.1 Å². The number of nitrogens with zero attached hydrogens (tertiary/aromatic N) is 4. The minimum Gasteiger partial charge on any atom is -0.453 e. The van der Waals surface area contributed by atoms with E-state index in [0.29, 0.717) is 19.1 Å². The van der Waals surface area contributed by atoms with Gasteiger partial charge in [-0.15, -0.1) is 0 Å². The molecule has 310 valence electrons. The highest BCUT2D eigenvalue weighted by molar-refractivity contribution is 6.05. The number of likely N-dealkylation sites (tertiary alicyclic amines) is 2. The summed E-state index contributed by atoms with van der Waals surface area (Å²) in [7, 11) is 1.31. The van der Waals surface area contributed by atoms with Crippen molar-refractivity contribution in [1.29, 1.82) is 0 Å². The summed E-state index contributed by atoms with van der Waals surface area (Å²) in [5.41, 5.74) is 6.09. The molecule has 0 bridgehead atoms. The van der Waals surface area contributed by atoms with Crippen LogP contribution >= 0.6 is 0 Å². The zero-order valence-electron chi connectivity index (χ0n) is 35.1. The fourth-order valence-electron chi connectivity index (χ4n) is 9.89. The van der Waals surface area contributed by atoms with Gasteiger partial charge in [0.2, 0.25) is 11.8 Å². The maximum absolute atomic E-state index is 14.3. The predicted octanol–water partition coefficient (Wildman–Crippen LogP) is 8.57. The molecule has 3 aromatic carbocycles. The van der Waals surface area contributed by atoms with Crippen LogP contribution in [0.4, 0.5) is 4.79 Å². The zero-order chi connectivity index (χ0) is 41.2. The van der Waals surface area contributed by atoms with Crippen molar-refractivity contribution >= 4 is 39.7 Å². The summed E-state index contributed by atoms with van der Waals surface area (Å²) in [6.07, 6.45) is 7.30. The first kappa shape index (κ1) is 39.2. The Morgan fingerprint density at radius 3 is 2.20 bits per heavy atom. The molecule has 5 heterocycles. The zero-order valence-corrected chi connectivity index (χ0v) is 35.1. The molecule has 0 unspecified atom stereocenters. The summed E-state index contributed by atoms with van der Waals surface area (Å²) in [6, 6.07) is 18.2. The minimum atomic E-state index is -0.729. The molecular formula is C47H57N7O5. The van der Waals surface area contributed by atoms with Crippen molar-refractivity contribution in [2.75, 3.05) is 33.4 Å². The van der Waals surface area contributed by atoms with Crippen LogP contribution in [0, 0.1) is 28.6 Å². The molecule has 0 radical (unpaired) electrons. The number of aromatic amines is 2. The monoisotopic (exact) mass is 799 g/mol. The first-order chi connectivity index (χ1) is 28.4. The second-order valence-electron chi connectivity index (χ2n) is 18.7. The van der Waals surface area contributed by atoms with Crippen LogP contribution in [0.5, 0.6) is 0 Å². The van der Waals surface area contributed by atoms with E-state index in [1.54, 1.807) is 0 Å². The lowest BCUT2D eigenvalue weighted by Gasteiger charge is -2.33. The Kier molecular flexibility index (Phi) is 10.0. The smallest absolute Gasteiger partial charge is 0.407 e. The van der Waals surface area contributed by atoms with E-state index < -0.39 is 12.1 Å². The molecule has 59 heavy (non-hydrogen) atoms. The molecule has 1 saturated carbocycles. The van der Waals surface area contributed by atoms with Gasteiger partial charge in [0, 0.05) is 36.4 Å². The highest BCUT2D eigenvalue weighted by Crippen LogP contribution is 2.58. The topological polar surface area (TPSA) is 146 Å². The molecule has 4 aliphatic rings. The number of nitrogens with one attached hydrogen (secondary N) is 3. The lowest BCUT2D eigenvalue weighted by atomic mass is 9.80. The Morgan fingerprint density at radius 1 is 0.814 bits per heavy atom. The number of hydrogen-bond donors (Lipinski definition) is 3. The van der Waals surface area contributed by atoms with Crippen LogP contribution in [-0.4, -0.2) is 87.1 Å². The molecule has 3 aliphatic heterocycles. The van der Waals surface area contributed by atoms with Crippen LogP contribution in [0.1, 0.15) is 96.9 Å². The summed E-state index contributed by atoms with van der Waals surface area (Å²) in [5.74, 6) is 1.87. The van der Waals surface area contributed by atoms with Gasteiger partial charge < -0.3 is 34.6 Å². The maximum Gasteiger partial charge on any atom is 0.407 e. The predicted molar refractivity (Wildman–Crippen MR) is 227 cm³/mol. The number of carbonyl (C=O) groups excluding carboxylic acids is 3. The Morgan fingerprint density at radius 2 is 1.51 bits per heavy atom. The number of imidazole rings is 2. The molecule has 4 fully saturated rings. The summed E-state index contributed by atoms with van der Waals surface area (Å²) < 4.78 is 10.9. The molecule has 3 saturated heterocycles. The molecule has 2 spiro atoms. The number of rotatable bonds is 9. The number of carbonyl (C=O) groups is 3. The van der Waals surface area contributed by atoms with Gasteiger partial charge >= 0.3 is 6.09 Å². The first-order valence-electron chi connectivity index (χ1n) is 21.5. The van der Waals surface area contributed by atoms with Crippen LogP contribution in [0.2, 0.25) is 0 Å². The highest BCUT2D eigenvalue weighted by Gasteiger charge is 2.55. The number of alkyl carbamates (subject to hydrolysis) is 1. The number of aromatic nitrogens is 4. The average molecular weight is 800 g/mol. The van der Waals surface area contributed by atoms with Gasteiger partial charge in [-0.2, -0.15) is 0 Å². The van der Waals surface area contributed by atoms with Gasteiger partial charge in [0.1, 0.15) is 17.7 Å². The van der Waals surface area contributed by atoms with Gasteiger partial charge in [-0.3, -0.25) is 9.59 Å². The van der Waals surface area contributed by atoms with Gasteiger partial charge in [0.05, 0.1) is 48.7 Å². The van der Waals surface area contributed by atoms with Crippen LogP contribution in [0.3, 0.4) is 0 Å². The van der Waals surface area contributed by atoms with Crippen LogP contribution in [0.15, 0.2) is 60.8 Å². The molecule has 5 aromatic rings. The molecule has 9 rings (SSSR count). The fraction of sp³-hybridized carbons (Fsp3) is 0.511. The van der Waals surface area contributed by atoms with E-state index in [0.717, 1.165) is 94.7 Å². The average Bonchev–Trinajstić information content (AvgIpc) is 3.66. The molecule has 5 atom stereocenters. The summed E-state index contributed by atoms with van der Waals surface area (Å²) in [4.78, 5) is 61.3. The second kappa shape index (κ2) is 15.1. The Hall–Kier alpha value is -5.23. The number of fused-ring (bicyclic) bond motifs is 3. The van der Waals surface area contributed by atoms with Crippen molar-refractivity contribution in [2.45, 2.75) is 91.3 Å². The Labute approximate surface area is 345 Å². The van der Waals surface area contributed by atoms with E-state index in [9.17, 15) is 14.4 Å². The van der Waals surface area contributed by atoms with Crippen molar-refractivity contribution < 1.29 is 23.9 Å².